The molecule has 2 heterocycles. The van der Waals surface area contributed by atoms with E-state index in [0.717, 1.165) is 0 Å². The number of nitrogens with one attached hydrogen (secondary N) is 2. The Balaban J connectivity index is 1.90. The molecule has 0 fully saturated rings. The fourth-order valence-corrected chi connectivity index (χ4v) is 2.43. The molecule has 3 aromatic rings. The van der Waals surface area contributed by atoms with Crippen molar-refractivity contribution in [1.29, 1.82) is 0 Å². The maximum Gasteiger partial charge on any atom is 0.226 e. The highest BCUT2D eigenvalue weighted by molar-refractivity contribution is 6.32. The number of benzene rings is 1. The molecule has 10 nitrogen and oxygen atoms in total. The van der Waals surface area contributed by atoms with Crippen molar-refractivity contribution in [3.8, 4) is 11.5 Å². The molecule has 0 aliphatic rings. The van der Waals surface area contributed by atoms with E-state index in [-0.39, 0.29) is 29.6 Å². The summed E-state index contributed by atoms with van der Waals surface area (Å²) in [5.74, 6) is 0.0130. The van der Waals surface area contributed by atoms with Gasteiger partial charge >= 0.3 is 0 Å². The molecule has 0 spiro atoms. The highest BCUT2D eigenvalue weighted by Gasteiger charge is 2.15. The van der Waals surface area contributed by atoms with Gasteiger partial charge in [-0.3, -0.25) is 0 Å². The lowest BCUT2D eigenvalue weighted by molar-refractivity contribution is 0.208. The zero-order valence-corrected chi connectivity index (χ0v) is 14.9. The first-order valence-electron chi connectivity index (χ1n) is 7.79. The Hall–Kier alpha value is -2.85. The number of aromatic hydroxyl groups is 2. The lowest BCUT2D eigenvalue weighted by Gasteiger charge is -2.12. The van der Waals surface area contributed by atoms with Crippen LogP contribution in [0.1, 0.15) is 12.5 Å². The fourth-order valence-electron chi connectivity index (χ4n) is 2.27. The summed E-state index contributed by atoms with van der Waals surface area (Å²) in [6, 6.07) is 3.08. The van der Waals surface area contributed by atoms with Crippen LogP contribution in [0, 0.1) is 0 Å². The summed E-state index contributed by atoms with van der Waals surface area (Å²) >= 11 is 5.76. The molecule has 26 heavy (non-hydrogen) atoms. The van der Waals surface area contributed by atoms with Crippen molar-refractivity contribution in [3.05, 3.63) is 22.7 Å². The van der Waals surface area contributed by atoms with Crippen LogP contribution in [0.25, 0.3) is 11.2 Å². The number of fused-ring (bicyclic) bond motifs is 1. The van der Waals surface area contributed by atoms with Crippen molar-refractivity contribution >= 4 is 34.5 Å². The molecule has 0 saturated carbocycles. The molecular weight excluding hydrogens is 362 g/mol. The highest BCUT2D eigenvalue weighted by Crippen LogP contribution is 2.36. The number of halogens is 1. The van der Waals surface area contributed by atoms with E-state index in [1.54, 1.807) is 20.0 Å². The van der Waals surface area contributed by atoms with E-state index in [4.69, 9.17) is 11.6 Å². The van der Waals surface area contributed by atoms with Crippen molar-refractivity contribution in [2.24, 2.45) is 7.05 Å². The lowest BCUT2D eigenvalue weighted by Crippen LogP contribution is -2.17. The smallest absolute Gasteiger partial charge is 0.226 e. The number of hydrogen-bond acceptors (Lipinski definition) is 9. The summed E-state index contributed by atoms with van der Waals surface area (Å²) in [7, 11) is 1.70. The normalized spacial score (nSPS) is 12.3. The summed E-state index contributed by atoms with van der Waals surface area (Å²) in [6.07, 6.45) is -0.565. The number of phenolic OH excluding ortho intramolecular Hbond substituents is 2. The second kappa shape index (κ2) is 7.18. The van der Waals surface area contributed by atoms with E-state index in [2.05, 4.69) is 30.9 Å². The molecule has 0 radical (unpaired) electrons. The van der Waals surface area contributed by atoms with Gasteiger partial charge in [0.15, 0.2) is 28.5 Å². The van der Waals surface area contributed by atoms with Gasteiger partial charge in [-0.1, -0.05) is 22.9 Å². The molecule has 0 saturated heterocycles. The van der Waals surface area contributed by atoms with Crippen LogP contribution in [0.4, 0.5) is 11.8 Å². The number of anilines is 2. The third kappa shape index (κ3) is 3.55. The third-order valence-electron chi connectivity index (χ3n) is 3.64. The number of phenols is 2. The number of rotatable bonds is 6. The average molecular weight is 380 g/mol. The van der Waals surface area contributed by atoms with E-state index in [0.29, 0.717) is 28.5 Å². The van der Waals surface area contributed by atoms with Crippen LogP contribution >= 0.6 is 11.6 Å². The Morgan fingerprint density at radius 3 is 2.69 bits per heavy atom. The van der Waals surface area contributed by atoms with Gasteiger partial charge in [-0.05, 0) is 13.0 Å². The molecule has 0 bridgehead atoms. The first kappa shape index (κ1) is 18.0. The molecule has 0 aliphatic carbocycles. The number of nitrogens with zero attached hydrogens (tertiary/aromatic N) is 5. The fraction of sp³-hybridized carbons (Fsp3) is 0.333. The zero-order chi connectivity index (χ0) is 18.8. The minimum Gasteiger partial charge on any atom is -0.504 e. The van der Waals surface area contributed by atoms with E-state index in [1.807, 2.05) is 0 Å². The molecule has 5 N–H and O–H groups in total. The zero-order valence-electron chi connectivity index (χ0n) is 14.1. The van der Waals surface area contributed by atoms with Gasteiger partial charge in [0.25, 0.3) is 0 Å². The maximum atomic E-state index is 9.99. The van der Waals surface area contributed by atoms with Crippen molar-refractivity contribution in [3.63, 3.8) is 0 Å². The third-order valence-corrected chi connectivity index (χ3v) is 3.94. The molecule has 2 aromatic heterocycles. The molecule has 11 heteroatoms. The SMILES string of the molecule is CC(O)CNc1nc(NCc2ccc(Cl)c(O)c2O)c2nnn(C)c2n1. The molecule has 3 rings (SSSR count). The predicted octanol–water partition coefficient (Wildman–Crippen LogP) is 1.23. The summed E-state index contributed by atoms with van der Waals surface area (Å²) < 4.78 is 1.50. The second-order valence-electron chi connectivity index (χ2n) is 5.77. The van der Waals surface area contributed by atoms with Crippen molar-refractivity contribution in [1.82, 2.24) is 25.0 Å². The van der Waals surface area contributed by atoms with Gasteiger partial charge in [0.05, 0.1) is 11.1 Å². The number of aliphatic hydroxyl groups is 1. The number of aromatic nitrogens is 5. The first-order valence-corrected chi connectivity index (χ1v) is 8.17. The van der Waals surface area contributed by atoms with Gasteiger partial charge in [0.2, 0.25) is 5.95 Å². The minimum absolute atomic E-state index is 0.0641. The Morgan fingerprint density at radius 1 is 1.19 bits per heavy atom. The molecule has 1 unspecified atom stereocenters. The Kier molecular flexibility index (Phi) is 4.96. The van der Waals surface area contributed by atoms with Crippen LogP contribution in [0.5, 0.6) is 11.5 Å². The van der Waals surface area contributed by atoms with Crippen LogP contribution in [0.15, 0.2) is 12.1 Å². The van der Waals surface area contributed by atoms with Gasteiger partial charge in [-0.2, -0.15) is 9.97 Å². The van der Waals surface area contributed by atoms with E-state index in [1.165, 1.54) is 10.7 Å². The first-order chi connectivity index (χ1) is 12.4. The quantitative estimate of drug-likeness (QED) is 0.399. The van der Waals surface area contributed by atoms with E-state index in [9.17, 15) is 15.3 Å². The molecule has 0 amide bonds. The van der Waals surface area contributed by atoms with Crippen molar-refractivity contribution < 1.29 is 15.3 Å². The largest absolute Gasteiger partial charge is 0.504 e. The number of aryl methyl sites for hydroxylation is 1. The van der Waals surface area contributed by atoms with Crippen LogP contribution in [0.3, 0.4) is 0 Å². The van der Waals surface area contributed by atoms with Gasteiger partial charge in [-0.25, -0.2) is 4.68 Å². The Bertz CT molecular complexity index is 945. The second-order valence-corrected chi connectivity index (χ2v) is 6.18. The molecule has 0 aliphatic heterocycles. The Morgan fingerprint density at radius 2 is 1.96 bits per heavy atom. The highest BCUT2D eigenvalue weighted by atomic mass is 35.5. The van der Waals surface area contributed by atoms with Gasteiger partial charge in [0, 0.05) is 25.7 Å². The van der Waals surface area contributed by atoms with Crippen LogP contribution in [-0.2, 0) is 13.6 Å². The van der Waals surface area contributed by atoms with Gasteiger partial charge in [-0.15, -0.1) is 5.10 Å². The van der Waals surface area contributed by atoms with Gasteiger partial charge in [0.1, 0.15) is 0 Å². The van der Waals surface area contributed by atoms with Gasteiger partial charge < -0.3 is 26.0 Å². The van der Waals surface area contributed by atoms with Crippen LogP contribution < -0.4 is 10.6 Å². The molecule has 138 valence electrons. The minimum atomic E-state index is -0.565. The lowest BCUT2D eigenvalue weighted by atomic mass is 10.2. The van der Waals surface area contributed by atoms with Crippen LogP contribution in [-0.4, -0.2) is 52.9 Å². The summed E-state index contributed by atoms with van der Waals surface area (Å²) in [4.78, 5) is 8.66. The van der Waals surface area contributed by atoms with Crippen molar-refractivity contribution in [2.75, 3.05) is 17.2 Å². The average Bonchev–Trinajstić information content (AvgIpc) is 2.98. The van der Waals surface area contributed by atoms with Crippen LogP contribution in [0.2, 0.25) is 5.02 Å². The molecule has 1 aromatic carbocycles. The molecule has 1 atom stereocenters. The number of hydrogen-bond donors (Lipinski definition) is 5. The van der Waals surface area contributed by atoms with E-state index >= 15 is 0 Å². The standard InChI is InChI=1S/C15H18ClN7O3/c1-7(24)5-18-15-19-13(10-14(20-15)23(2)22-21-10)17-6-8-3-4-9(16)12(26)11(8)25/h3-4,7,24-26H,5-6H2,1-2H3,(H2,17,18,19,20). The summed E-state index contributed by atoms with van der Waals surface area (Å²) in [5.41, 5.74) is 1.38. The number of aliphatic hydroxyl groups excluding tert-OH is 1. The van der Waals surface area contributed by atoms with Crippen molar-refractivity contribution in [2.45, 2.75) is 19.6 Å². The summed E-state index contributed by atoms with van der Waals surface area (Å²) in [5, 5.41) is 43.2. The van der Waals surface area contributed by atoms with E-state index < -0.39 is 6.10 Å². The molecular formula is C15H18ClN7O3. The topological polar surface area (TPSA) is 141 Å². The maximum absolute atomic E-state index is 9.99. The monoisotopic (exact) mass is 379 g/mol. The summed E-state index contributed by atoms with van der Waals surface area (Å²) in [6.45, 7) is 2.09. The Labute approximate surface area is 153 Å². The predicted molar refractivity (Wildman–Crippen MR) is 96.4 cm³/mol.